The number of para-hydroxylation sites is 1. The lowest BCUT2D eigenvalue weighted by Crippen LogP contribution is -2.46. The third kappa shape index (κ3) is 3.17. The van der Waals surface area contributed by atoms with E-state index < -0.39 is 0 Å². The van der Waals surface area contributed by atoms with Crippen molar-refractivity contribution in [3.05, 3.63) is 66.5 Å². The van der Waals surface area contributed by atoms with Gasteiger partial charge in [0.2, 0.25) is 0 Å². The number of nitrogens with zero attached hydrogens (tertiary/aromatic N) is 4. The molecule has 23 heavy (non-hydrogen) atoms. The van der Waals surface area contributed by atoms with E-state index in [-0.39, 0.29) is 0 Å². The number of aromatic nitrogens is 2. The van der Waals surface area contributed by atoms with E-state index in [0.29, 0.717) is 0 Å². The van der Waals surface area contributed by atoms with Crippen molar-refractivity contribution in [1.29, 1.82) is 0 Å². The van der Waals surface area contributed by atoms with E-state index in [1.807, 2.05) is 24.4 Å². The summed E-state index contributed by atoms with van der Waals surface area (Å²) in [6.07, 6.45) is 1.86. The van der Waals surface area contributed by atoms with Gasteiger partial charge in [-0.25, -0.2) is 4.98 Å². The van der Waals surface area contributed by atoms with Gasteiger partial charge in [-0.05, 0) is 24.3 Å². The van der Waals surface area contributed by atoms with Crippen molar-refractivity contribution in [1.82, 2.24) is 14.9 Å². The van der Waals surface area contributed by atoms with Gasteiger partial charge < -0.3 is 4.90 Å². The van der Waals surface area contributed by atoms with Gasteiger partial charge in [-0.15, -0.1) is 0 Å². The third-order valence-electron chi connectivity index (χ3n) is 4.39. The van der Waals surface area contributed by atoms with Crippen molar-refractivity contribution in [2.24, 2.45) is 0 Å². The van der Waals surface area contributed by atoms with Gasteiger partial charge in [0.1, 0.15) is 5.82 Å². The van der Waals surface area contributed by atoms with Crippen LogP contribution in [0.15, 0.2) is 60.8 Å². The van der Waals surface area contributed by atoms with Crippen LogP contribution in [0.3, 0.4) is 0 Å². The van der Waals surface area contributed by atoms with Crippen LogP contribution in [0.2, 0.25) is 0 Å². The fourth-order valence-electron chi connectivity index (χ4n) is 3.10. The normalized spacial score (nSPS) is 15.9. The molecule has 1 saturated heterocycles. The summed E-state index contributed by atoms with van der Waals surface area (Å²) in [5, 5.41) is 1.20. The van der Waals surface area contributed by atoms with Crippen molar-refractivity contribution < 1.29 is 0 Å². The first-order valence-corrected chi connectivity index (χ1v) is 8.11. The first-order chi connectivity index (χ1) is 11.4. The second kappa shape index (κ2) is 6.34. The van der Waals surface area contributed by atoms with Gasteiger partial charge in [0.15, 0.2) is 0 Å². The molecular weight excluding hydrogens is 284 g/mol. The molecule has 0 unspecified atom stereocenters. The number of hydrogen-bond acceptors (Lipinski definition) is 4. The SMILES string of the molecule is c1ccc(N2CCN(Cc3ccc4ccccc4n3)CC2)nc1. The number of anilines is 1. The molecule has 0 bridgehead atoms. The molecule has 0 saturated carbocycles. The monoisotopic (exact) mass is 304 g/mol. The Balaban J connectivity index is 1.40. The van der Waals surface area contributed by atoms with Gasteiger partial charge in [0, 0.05) is 44.3 Å². The topological polar surface area (TPSA) is 32.3 Å². The summed E-state index contributed by atoms with van der Waals surface area (Å²) in [5.41, 5.74) is 2.23. The van der Waals surface area contributed by atoms with Crippen LogP contribution < -0.4 is 4.90 Å². The molecule has 4 heteroatoms. The third-order valence-corrected chi connectivity index (χ3v) is 4.39. The van der Waals surface area contributed by atoms with Gasteiger partial charge >= 0.3 is 0 Å². The second-order valence-electron chi connectivity index (χ2n) is 5.95. The van der Waals surface area contributed by atoms with E-state index in [2.05, 4.69) is 51.2 Å². The van der Waals surface area contributed by atoms with Crippen LogP contribution in [0.25, 0.3) is 10.9 Å². The maximum atomic E-state index is 4.78. The van der Waals surface area contributed by atoms with Gasteiger partial charge in [-0.2, -0.15) is 0 Å². The first kappa shape index (κ1) is 14.2. The molecule has 0 amide bonds. The summed E-state index contributed by atoms with van der Waals surface area (Å²) in [5.74, 6) is 1.08. The summed E-state index contributed by atoms with van der Waals surface area (Å²) in [4.78, 5) is 14.0. The standard InChI is InChI=1S/C19H20N4/c1-2-6-18-16(5-1)8-9-17(21-18)15-22-11-13-23(14-12-22)19-7-3-4-10-20-19/h1-10H,11-15H2. The molecule has 0 spiro atoms. The van der Waals surface area contributed by atoms with Gasteiger partial charge in [0.05, 0.1) is 11.2 Å². The number of benzene rings is 1. The number of piperazine rings is 1. The molecule has 0 radical (unpaired) electrons. The lowest BCUT2D eigenvalue weighted by atomic mass is 10.2. The second-order valence-corrected chi connectivity index (χ2v) is 5.95. The number of hydrogen-bond donors (Lipinski definition) is 0. The largest absolute Gasteiger partial charge is 0.354 e. The molecule has 4 rings (SSSR count). The minimum Gasteiger partial charge on any atom is -0.354 e. The Morgan fingerprint density at radius 1 is 0.826 bits per heavy atom. The predicted octanol–water partition coefficient (Wildman–Crippen LogP) is 2.95. The highest BCUT2D eigenvalue weighted by Crippen LogP contribution is 2.16. The lowest BCUT2D eigenvalue weighted by molar-refractivity contribution is 0.247. The van der Waals surface area contributed by atoms with Crippen LogP contribution in [-0.2, 0) is 6.54 Å². The summed E-state index contributed by atoms with van der Waals surface area (Å²) in [6.45, 7) is 5.05. The van der Waals surface area contributed by atoms with Crippen molar-refractivity contribution in [3.63, 3.8) is 0 Å². The summed E-state index contributed by atoms with van der Waals surface area (Å²) in [7, 11) is 0. The van der Waals surface area contributed by atoms with Gasteiger partial charge in [0.25, 0.3) is 0 Å². The highest BCUT2D eigenvalue weighted by atomic mass is 15.3. The average molecular weight is 304 g/mol. The van der Waals surface area contributed by atoms with Crippen molar-refractivity contribution in [3.8, 4) is 0 Å². The molecule has 0 aliphatic carbocycles. The number of fused-ring (bicyclic) bond motifs is 1. The molecule has 1 aromatic carbocycles. The van der Waals surface area contributed by atoms with Crippen LogP contribution >= 0.6 is 0 Å². The Labute approximate surface area is 136 Å². The maximum Gasteiger partial charge on any atom is 0.128 e. The summed E-state index contributed by atoms with van der Waals surface area (Å²) in [6, 6.07) is 18.7. The molecule has 1 aliphatic rings. The van der Waals surface area contributed by atoms with E-state index in [1.165, 1.54) is 5.39 Å². The summed E-state index contributed by atoms with van der Waals surface area (Å²) < 4.78 is 0. The Morgan fingerprint density at radius 2 is 1.65 bits per heavy atom. The smallest absolute Gasteiger partial charge is 0.128 e. The van der Waals surface area contributed by atoms with Crippen molar-refractivity contribution in [2.75, 3.05) is 31.1 Å². The zero-order valence-corrected chi connectivity index (χ0v) is 13.1. The minimum absolute atomic E-state index is 0.918. The molecule has 0 N–H and O–H groups in total. The van der Waals surface area contributed by atoms with Crippen molar-refractivity contribution in [2.45, 2.75) is 6.54 Å². The fourth-order valence-corrected chi connectivity index (χ4v) is 3.10. The highest BCUT2D eigenvalue weighted by Gasteiger charge is 2.18. The van der Waals surface area contributed by atoms with Gasteiger partial charge in [-0.1, -0.05) is 30.3 Å². The molecule has 3 aromatic rings. The van der Waals surface area contributed by atoms with Crippen LogP contribution in [0.1, 0.15) is 5.69 Å². The number of rotatable bonds is 3. The van der Waals surface area contributed by atoms with E-state index in [1.54, 1.807) is 0 Å². The van der Waals surface area contributed by atoms with E-state index >= 15 is 0 Å². The fraction of sp³-hybridized carbons (Fsp3) is 0.263. The van der Waals surface area contributed by atoms with E-state index in [4.69, 9.17) is 4.98 Å². The van der Waals surface area contributed by atoms with Gasteiger partial charge in [-0.3, -0.25) is 9.88 Å². The Morgan fingerprint density at radius 3 is 2.48 bits per heavy atom. The molecule has 2 aromatic heterocycles. The Kier molecular flexibility index (Phi) is 3.90. The maximum absolute atomic E-state index is 4.78. The molecule has 1 aliphatic heterocycles. The molecular formula is C19H20N4. The molecule has 4 nitrogen and oxygen atoms in total. The van der Waals surface area contributed by atoms with Crippen LogP contribution in [0.4, 0.5) is 5.82 Å². The predicted molar refractivity (Wildman–Crippen MR) is 93.5 cm³/mol. The molecule has 3 heterocycles. The quantitative estimate of drug-likeness (QED) is 0.745. The van der Waals surface area contributed by atoms with Crippen LogP contribution in [-0.4, -0.2) is 41.0 Å². The molecule has 1 fully saturated rings. The highest BCUT2D eigenvalue weighted by molar-refractivity contribution is 5.78. The first-order valence-electron chi connectivity index (χ1n) is 8.11. The van der Waals surface area contributed by atoms with Crippen LogP contribution in [0.5, 0.6) is 0 Å². The van der Waals surface area contributed by atoms with Crippen molar-refractivity contribution >= 4 is 16.7 Å². The minimum atomic E-state index is 0.918. The zero-order valence-electron chi connectivity index (χ0n) is 13.1. The van der Waals surface area contributed by atoms with E-state index in [0.717, 1.165) is 49.8 Å². The lowest BCUT2D eigenvalue weighted by Gasteiger charge is -2.35. The molecule has 116 valence electrons. The number of pyridine rings is 2. The summed E-state index contributed by atoms with van der Waals surface area (Å²) >= 11 is 0. The van der Waals surface area contributed by atoms with Crippen LogP contribution in [0, 0.1) is 0 Å². The Bertz CT molecular complexity index is 779. The average Bonchev–Trinajstić information content (AvgIpc) is 2.63. The molecule has 0 atom stereocenters. The zero-order chi connectivity index (χ0) is 15.5. The Hall–Kier alpha value is -2.46. The van der Waals surface area contributed by atoms with E-state index in [9.17, 15) is 0 Å².